The van der Waals surface area contributed by atoms with Gasteiger partial charge in [-0.05, 0) is 44.9 Å². The maximum absolute atomic E-state index is 9.76. The Kier molecular flexibility index (Phi) is 4.48. The quantitative estimate of drug-likeness (QED) is 0.876. The number of aliphatic hydroxyl groups excluding tert-OH is 1. The van der Waals surface area contributed by atoms with E-state index in [9.17, 15) is 5.11 Å². The van der Waals surface area contributed by atoms with Crippen LogP contribution in [0.3, 0.4) is 0 Å². The van der Waals surface area contributed by atoms with Gasteiger partial charge in [0.1, 0.15) is 0 Å². The van der Waals surface area contributed by atoms with Crippen LogP contribution in [-0.4, -0.2) is 36.4 Å². The predicted octanol–water partition coefficient (Wildman–Crippen LogP) is 2.19. The Labute approximate surface area is 116 Å². The Hall–Kier alpha value is -1.06. The standard InChI is InChI=1S/C16H26N2O/c1-4-13-7-5-6-8-15(13)18-14(12-19)11-17-10-9-16(18,2)3/h5-8,14,17,19H,4,9-12H2,1-3H3. The average molecular weight is 262 g/mol. The molecule has 1 atom stereocenters. The van der Waals surface area contributed by atoms with Crippen LogP contribution >= 0.6 is 0 Å². The minimum absolute atomic E-state index is 0.0577. The fourth-order valence-electron chi connectivity index (χ4n) is 3.08. The summed E-state index contributed by atoms with van der Waals surface area (Å²) >= 11 is 0. The molecule has 1 unspecified atom stereocenters. The number of benzene rings is 1. The van der Waals surface area contributed by atoms with Crippen molar-refractivity contribution in [3.63, 3.8) is 0 Å². The van der Waals surface area contributed by atoms with Gasteiger partial charge >= 0.3 is 0 Å². The molecule has 1 aromatic rings. The van der Waals surface area contributed by atoms with Crippen LogP contribution in [0.15, 0.2) is 24.3 Å². The van der Waals surface area contributed by atoms with Crippen molar-refractivity contribution in [1.29, 1.82) is 0 Å². The molecular formula is C16H26N2O. The summed E-state index contributed by atoms with van der Waals surface area (Å²) < 4.78 is 0. The molecule has 0 saturated carbocycles. The van der Waals surface area contributed by atoms with Crippen LogP contribution in [0, 0.1) is 0 Å². The maximum Gasteiger partial charge on any atom is 0.0651 e. The van der Waals surface area contributed by atoms with Gasteiger partial charge in [0.2, 0.25) is 0 Å². The van der Waals surface area contributed by atoms with Crippen LogP contribution in [0.1, 0.15) is 32.8 Å². The summed E-state index contributed by atoms with van der Waals surface area (Å²) in [4.78, 5) is 2.42. The lowest BCUT2D eigenvalue weighted by Crippen LogP contribution is -2.52. The molecule has 2 rings (SSSR count). The Morgan fingerprint density at radius 2 is 2.11 bits per heavy atom. The molecule has 0 radical (unpaired) electrons. The van der Waals surface area contributed by atoms with Crippen molar-refractivity contribution < 1.29 is 5.11 Å². The topological polar surface area (TPSA) is 35.5 Å². The van der Waals surface area contributed by atoms with E-state index in [-0.39, 0.29) is 18.2 Å². The first-order chi connectivity index (χ1) is 9.10. The number of nitrogens with one attached hydrogen (secondary N) is 1. The number of hydrogen-bond acceptors (Lipinski definition) is 3. The molecule has 19 heavy (non-hydrogen) atoms. The van der Waals surface area contributed by atoms with Crippen molar-refractivity contribution in [3.05, 3.63) is 29.8 Å². The first-order valence-corrected chi connectivity index (χ1v) is 7.29. The average Bonchev–Trinajstić information content (AvgIpc) is 2.56. The monoisotopic (exact) mass is 262 g/mol. The van der Waals surface area contributed by atoms with Crippen LogP contribution in [0.25, 0.3) is 0 Å². The first-order valence-electron chi connectivity index (χ1n) is 7.29. The van der Waals surface area contributed by atoms with Crippen molar-refractivity contribution >= 4 is 5.69 Å². The highest BCUT2D eigenvalue weighted by atomic mass is 16.3. The summed E-state index contributed by atoms with van der Waals surface area (Å²) in [5, 5.41) is 13.2. The Balaban J connectivity index is 2.46. The van der Waals surface area contributed by atoms with Gasteiger partial charge in [0.25, 0.3) is 0 Å². The van der Waals surface area contributed by atoms with Crippen molar-refractivity contribution in [2.75, 3.05) is 24.6 Å². The van der Waals surface area contributed by atoms with Gasteiger partial charge in [0, 0.05) is 17.8 Å². The number of nitrogens with zero attached hydrogens (tertiary/aromatic N) is 1. The third kappa shape index (κ3) is 2.93. The first kappa shape index (κ1) is 14.4. The fraction of sp³-hybridized carbons (Fsp3) is 0.625. The molecule has 1 aliphatic heterocycles. The molecular weight excluding hydrogens is 236 g/mol. The molecule has 0 aromatic heterocycles. The maximum atomic E-state index is 9.76. The van der Waals surface area contributed by atoms with Crippen molar-refractivity contribution in [1.82, 2.24) is 5.32 Å². The largest absolute Gasteiger partial charge is 0.394 e. The predicted molar refractivity (Wildman–Crippen MR) is 80.7 cm³/mol. The van der Waals surface area contributed by atoms with Crippen molar-refractivity contribution in [2.24, 2.45) is 0 Å². The third-order valence-corrected chi connectivity index (χ3v) is 4.15. The summed E-state index contributed by atoms with van der Waals surface area (Å²) in [5.74, 6) is 0. The summed E-state index contributed by atoms with van der Waals surface area (Å²) in [7, 11) is 0. The van der Waals surface area contributed by atoms with E-state index in [1.54, 1.807) is 0 Å². The molecule has 0 amide bonds. The molecule has 1 heterocycles. The second kappa shape index (κ2) is 5.93. The zero-order chi connectivity index (χ0) is 13.9. The molecule has 3 nitrogen and oxygen atoms in total. The molecule has 1 aliphatic rings. The van der Waals surface area contributed by atoms with E-state index in [2.05, 4.69) is 55.3 Å². The van der Waals surface area contributed by atoms with E-state index in [0.717, 1.165) is 25.9 Å². The van der Waals surface area contributed by atoms with Gasteiger partial charge in [0.05, 0.1) is 12.6 Å². The van der Waals surface area contributed by atoms with Crippen molar-refractivity contribution in [2.45, 2.75) is 45.2 Å². The number of rotatable bonds is 3. The second-order valence-corrected chi connectivity index (χ2v) is 5.96. The molecule has 2 N–H and O–H groups in total. The molecule has 1 aromatic carbocycles. The van der Waals surface area contributed by atoms with Crippen LogP contribution in [0.2, 0.25) is 0 Å². The molecule has 0 aliphatic carbocycles. The Morgan fingerprint density at radius 1 is 1.37 bits per heavy atom. The number of aliphatic hydroxyl groups is 1. The van der Waals surface area contributed by atoms with Gasteiger partial charge in [-0.2, -0.15) is 0 Å². The van der Waals surface area contributed by atoms with E-state index in [1.165, 1.54) is 11.3 Å². The number of anilines is 1. The van der Waals surface area contributed by atoms with Crippen LogP contribution in [-0.2, 0) is 6.42 Å². The van der Waals surface area contributed by atoms with E-state index in [4.69, 9.17) is 0 Å². The number of hydrogen-bond donors (Lipinski definition) is 2. The molecule has 0 bridgehead atoms. The van der Waals surface area contributed by atoms with Crippen LogP contribution in [0.4, 0.5) is 5.69 Å². The van der Waals surface area contributed by atoms with Gasteiger partial charge in [-0.25, -0.2) is 0 Å². The van der Waals surface area contributed by atoms with Gasteiger partial charge in [0.15, 0.2) is 0 Å². The normalized spacial score (nSPS) is 23.2. The van der Waals surface area contributed by atoms with E-state index < -0.39 is 0 Å². The summed E-state index contributed by atoms with van der Waals surface area (Å²) in [6, 6.07) is 8.72. The van der Waals surface area contributed by atoms with Gasteiger partial charge in [-0.3, -0.25) is 0 Å². The highest BCUT2D eigenvalue weighted by Gasteiger charge is 2.35. The minimum Gasteiger partial charge on any atom is -0.394 e. The Bertz CT molecular complexity index is 417. The van der Waals surface area contributed by atoms with Gasteiger partial charge in [-0.1, -0.05) is 25.1 Å². The third-order valence-electron chi connectivity index (χ3n) is 4.15. The molecule has 0 spiro atoms. The summed E-state index contributed by atoms with van der Waals surface area (Å²) in [6.07, 6.45) is 2.11. The minimum atomic E-state index is 0.0577. The summed E-state index contributed by atoms with van der Waals surface area (Å²) in [5.41, 5.74) is 2.69. The van der Waals surface area contributed by atoms with Crippen LogP contribution < -0.4 is 10.2 Å². The SMILES string of the molecule is CCc1ccccc1N1C(CO)CNCCC1(C)C. The zero-order valence-electron chi connectivity index (χ0n) is 12.3. The molecule has 1 fully saturated rings. The van der Waals surface area contributed by atoms with E-state index >= 15 is 0 Å². The number of para-hydroxylation sites is 1. The van der Waals surface area contributed by atoms with E-state index in [0.29, 0.717) is 0 Å². The Morgan fingerprint density at radius 3 is 2.79 bits per heavy atom. The highest BCUT2D eigenvalue weighted by molar-refractivity contribution is 5.57. The van der Waals surface area contributed by atoms with Crippen molar-refractivity contribution in [3.8, 4) is 0 Å². The highest BCUT2D eigenvalue weighted by Crippen LogP contribution is 2.33. The second-order valence-electron chi connectivity index (χ2n) is 5.96. The van der Waals surface area contributed by atoms with Gasteiger partial charge in [-0.15, -0.1) is 0 Å². The lowest BCUT2D eigenvalue weighted by atomic mass is 9.94. The molecule has 3 heteroatoms. The fourth-order valence-corrected chi connectivity index (χ4v) is 3.08. The van der Waals surface area contributed by atoms with E-state index in [1.807, 2.05) is 0 Å². The summed E-state index contributed by atoms with van der Waals surface area (Å²) in [6.45, 7) is 8.78. The lowest BCUT2D eigenvalue weighted by molar-refractivity contribution is 0.245. The smallest absolute Gasteiger partial charge is 0.0651 e. The molecule has 106 valence electrons. The lowest BCUT2D eigenvalue weighted by Gasteiger charge is -2.44. The number of aryl methyl sites for hydroxylation is 1. The van der Waals surface area contributed by atoms with Crippen LogP contribution in [0.5, 0.6) is 0 Å². The zero-order valence-corrected chi connectivity index (χ0v) is 12.3. The molecule has 1 saturated heterocycles. The van der Waals surface area contributed by atoms with Gasteiger partial charge < -0.3 is 15.3 Å².